The molecule has 0 bridgehead atoms. The van der Waals surface area contributed by atoms with E-state index in [9.17, 15) is 0 Å². The topological polar surface area (TPSA) is 62.6 Å². The third-order valence-corrected chi connectivity index (χ3v) is 1.63. The lowest BCUT2D eigenvalue weighted by molar-refractivity contribution is 0.262. The summed E-state index contributed by atoms with van der Waals surface area (Å²) in [6.07, 6.45) is 1.56. The summed E-state index contributed by atoms with van der Waals surface area (Å²) in [6.45, 7) is 4.53. The summed E-state index contributed by atoms with van der Waals surface area (Å²) in [7, 11) is -1.54. The van der Waals surface area contributed by atoms with Crippen LogP contribution in [0.3, 0.4) is 0 Å². The second-order valence-electron chi connectivity index (χ2n) is 3.48. The van der Waals surface area contributed by atoms with Crippen molar-refractivity contribution in [2.24, 2.45) is 5.92 Å². The fourth-order valence-electron chi connectivity index (χ4n) is 0.966. The molecule has 1 rings (SSSR count). The lowest BCUT2D eigenvalue weighted by Crippen LogP contribution is -2.32. The molecule has 0 aromatic carbocycles. The second kappa shape index (κ2) is 4.98. The molecule has 0 radical (unpaired) electrons. The van der Waals surface area contributed by atoms with Crippen LogP contribution >= 0.6 is 0 Å². The Kier molecular flexibility index (Phi) is 3.91. The maximum absolute atomic E-state index is 9.01. The Labute approximate surface area is 83.7 Å². The standard InChI is InChI=1S/C9H14BNO3/c1-7(2)6-14-9-8(10(12)13)4-3-5-11-9/h3-5,7,12-13H,6H2,1-2H3. The zero-order valence-electron chi connectivity index (χ0n) is 8.34. The first-order valence-corrected chi connectivity index (χ1v) is 4.55. The van der Waals surface area contributed by atoms with E-state index in [1.807, 2.05) is 13.8 Å². The highest BCUT2D eigenvalue weighted by molar-refractivity contribution is 6.59. The molecule has 0 aliphatic carbocycles. The van der Waals surface area contributed by atoms with Gasteiger partial charge in [0.15, 0.2) is 0 Å². The lowest BCUT2D eigenvalue weighted by atomic mass is 9.81. The van der Waals surface area contributed by atoms with Crippen molar-refractivity contribution in [3.05, 3.63) is 18.3 Å². The van der Waals surface area contributed by atoms with Crippen LogP contribution < -0.4 is 10.2 Å². The molecule has 14 heavy (non-hydrogen) atoms. The second-order valence-corrected chi connectivity index (χ2v) is 3.48. The van der Waals surface area contributed by atoms with Crippen LogP contribution in [0.2, 0.25) is 0 Å². The Morgan fingerprint density at radius 3 is 2.79 bits per heavy atom. The molecular weight excluding hydrogens is 181 g/mol. The van der Waals surface area contributed by atoms with Crippen molar-refractivity contribution < 1.29 is 14.8 Å². The number of hydrogen-bond donors (Lipinski definition) is 2. The maximum atomic E-state index is 9.01. The van der Waals surface area contributed by atoms with Gasteiger partial charge < -0.3 is 14.8 Å². The first-order valence-electron chi connectivity index (χ1n) is 4.55. The van der Waals surface area contributed by atoms with Gasteiger partial charge in [0.1, 0.15) is 0 Å². The lowest BCUT2D eigenvalue weighted by Gasteiger charge is -2.10. The van der Waals surface area contributed by atoms with E-state index in [2.05, 4.69) is 4.98 Å². The zero-order valence-corrected chi connectivity index (χ0v) is 8.34. The molecule has 0 aliphatic rings. The molecular formula is C9H14BNO3. The van der Waals surface area contributed by atoms with Gasteiger partial charge in [-0.1, -0.05) is 19.9 Å². The monoisotopic (exact) mass is 195 g/mol. The summed E-state index contributed by atoms with van der Waals surface area (Å²) in [6, 6.07) is 3.21. The molecule has 2 N–H and O–H groups in total. The number of rotatable bonds is 4. The van der Waals surface area contributed by atoms with E-state index in [4.69, 9.17) is 14.8 Å². The Bertz CT molecular complexity index is 291. The molecule has 0 amide bonds. The van der Waals surface area contributed by atoms with Gasteiger partial charge in [-0.2, -0.15) is 0 Å². The number of hydrogen-bond acceptors (Lipinski definition) is 4. The summed E-state index contributed by atoms with van der Waals surface area (Å²) in [5, 5.41) is 18.0. The molecule has 1 aromatic heterocycles. The summed E-state index contributed by atoms with van der Waals surface area (Å²) in [4.78, 5) is 3.93. The first kappa shape index (κ1) is 11.0. The molecule has 76 valence electrons. The van der Waals surface area contributed by atoms with Crippen molar-refractivity contribution in [3.63, 3.8) is 0 Å². The van der Waals surface area contributed by atoms with Gasteiger partial charge in [-0.25, -0.2) is 4.98 Å². The average Bonchev–Trinajstić information content (AvgIpc) is 2.15. The molecule has 0 aliphatic heterocycles. The predicted octanol–water partition coefficient (Wildman–Crippen LogP) is -0.204. The van der Waals surface area contributed by atoms with Crippen LogP contribution in [0.15, 0.2) is 18.3 Å². The Hall–Kier alpha value is -1.07. The number of pyridine rings is 1. The van der Waals surface area contributed by atoms with E-state index in [0.717, 1.165) is 0 Å². The first-order chi connectivity index (χ1) is 6.61. The predicted molar refractivity (Wildman–Crippen MR) is 54.4 cm³/mol. The van der Waals surface area contributed by atoms with Crippen molar-refractivity contribution in [3.8, 4) is 5.88 Å². The van der Waals surface area contributed by atoms with Gasteiger partial charge in [0.05, 0.1) is 6.61 Å². The van der Waals surface area contributed by atoms with Crippen LogP contribution in [-0.4, -0.2) is 28.8 Å². The van der Waals surface area contributed by atoms with Crippen LogP contribution in [-0.2, 0) is 0 Å². The fourth-order valence-corrected chi connectivity index (χ4v) is 0.966. The van der Waals surface area contributed by atoms with E-state index in [1.54, 1.807) is 18.3 Å². The number of nitrogens with zero attached hydrogens (tertiary/aromatic N) is 1. The molecule has 0 saturated carbocycles. The van der Waals surface area contributed by atoms with Crippen LogP contribution in [0, 0.1) is 5.92 Å². The van der Waals surface area contributed by atoms with Crippen LogP contribution in [0.1, 0.15) is 13.8 Å². The average molecular weight is 195 g/mol. The SMILES string of the molecule is CC(C)COc1ncccc1B(O)O. The molecule has 1 heterocycles. The van der Waals surface area contributed by atoms with Crippen LogP contribution in [0.5, 0.6) is 5.88 Å². The van der Waals surface area contributed by atoms with Gasteiger partial charge in [-0.05, 0) is 12.0 Å². The molecule has 4 nitrogen and oxygen atoms in total. The fraction of sp³-hybridized carbons (Fsp3) is 0.444. The summed E-state index contributed by atoms with van der Waals surface area (Å²) in [5.41, 5.74) is 0.299. The van der Waals surface area contributed by atoms with Gasteiger partial charge in [0.2, 0.25) is 5.88 Å². The molecule has 0 spiro atoms. The van der Waals surface area contributed by atoms with Gasteiger partial charge >= 0.3 is 7.12 Å². The third-order valence-electron chi connectivity index (χ3n) is 1.63. The van der Waals surface area contributed by atoms with Crippen molar-refractivity contribution in [2.45, 2.75) is 13.8 Å². The summed E-state index contributed by atoms with van der Waals surface area (Å²) >= 11 is 0. The number of aromatic nitrogens is 1. The van der Waals surface area contributed by atoms with Crippen LogP contribution in [0.25, 0.3) is 0 Å². The van der Waals surface area contributed by atoms with E-state index in [-0.39, 0.29) is 5.88 Å². The highest BCUT2D eigenvalue weighted by Crippen LogP contribution is 2.04. The highest BCUT2D eigenvalue weighted by Gasteiger charge is 2.17. The molecule has 0 atom stereocenters. The van der Waals surface area contributed by atoms with Gasteiger partial charge in [0.25, 0.3) is 0 Å². The Balaban J connectivity index is 2.74. The minimum Gasteiger partial charge on any atom is -0.478 e. The van der Waals surface area contributed by atoms with Gasteiger partial charge in [0, 0.05) is 11.7 Å². The van der Waals surface area contributed by atoms with E-state index in [0.29, 0.717) is 18.0 Å². The molecule has 1 aromatic rings. The maximum Gasteiger partial charge on any atom is 0.494 e. The normalized spacial score (nSPS) is 10.4. The zero-order chi connectivity index (χ0) is 10.6. The Morgan fingerprint density at radius 1 is 1.50 bits per heavy atom. The van der Waals surface area contributed by atoms with Gasteiger partial charge in [-0.3, -0.25) is 0 Å². The minimum atomic E-state index is -1.54. The quantitative estimate of drug-likeness (QED) is 0.653. The van der Waals surface area contributed by atoms with E-state index >= 15 is 0 Å². The van der Waals surface area contributed by atoms with Crippen molar-refractivity contribution in [2.75, 3.05) is 6.61 Å². The number of ether oxygens (including phenoxy) is 1. The highest BCUT2D eigenvalue weighted by atomic mass is 16.5. The van der Waals surface area contributed by atoms with Crippen molar-refractivity contribution >= 4 is 12.6 Å². The van der Waals surface area contributed by atoms with Crippen molar-refractivity contribution in [1.29, 1.82) is 0 Å². The largest absolute Gasteiger partial charge is 0.494 e. The van der Waals surface area contributed by atoms with Crippen LogP contribution in [0.4, 0.5) is 0 Å². The summed E-state index contributed by atoms with van der Waals surface area (Å²) < 4.78 is 5.33. The molecule has 0 fully saturated rings. The van der Waals surface area contributed by atoms with E-state index < -0.39 is 7.12 Å². The third kappa shape index (κ3) is 3.01. The minimum absolute atomic E-state index is 0.288. The molecule has 5 heteroatoms. The summed E-state index contributed by atoms with van der Waals surface area (Å²) in [5.74, 6) is 0.664. The van der Waals surface area contributed by atoms with Crippen molar-refractivity contribution in [1.82, 2.24) is 4.98 Å². The van der Waals surface area contributed by atoms with E-state index in [1.165, 1.54) is 0 Å². The molecule has 0 unspecified atom stereocenters. The smallest absolute Gasteiger partial charge is 0.478 e. The van der Waals surface area contributed by atoms with Gasteiger partial charge in [-0.15, -0.1) is 0 Å². The molecule has 0 saturated heterocycles. The Morgan fingerprint density at radius 2 is 2.21 bits per heavy atom.